The summed E-state index contributed by atoms with van der Waals surface area (Å²) in [7, 11) is 1.58. The molecule has 1 aromatic carbocycles. The molecule has 0 aliphatic rings. The molecule has 0 amide bonds. The van der Waals surface area contributed by atoms with Gasteiger partial charge in [0.25, 0.3) is 0 Å². The minimum absolute atomic E-state index is 0.543. The van der Waals surface area contributed by atoms with Crippen LogP contribution in [0.25, 0.3) is 21.0 Å². The number of hydroxylamine groups is 1. The van der Waals surface area contributed by atoms with E-state index in [-0.39, 0.29) is 0 Å². The third-order valence-electron chi connectivity index (χ3n) is 2.56. The normalized spacial score (nSPS) is 11.2. The standard InChI is InChI=1S/C13H12N2O2S/c1-16-14-8-9-6-7-11(17-9)13-15-10-4-2-3-5-12(10)18-13/h2-7,14H,8H2,1H3. The van der Waals surface area contributed by atoms with Gasteiger partial charge in [0.1, 0.15) is 5.76 Å². The number of para-hydroxylation sites is 1. The Labute approximate surface area is 108 Å². The van der Waals surface area contributed by atoms with E-state index >= 15 is 0 Å². The van der Waals surface area contributed by atoms with Gasteiger partial charge < -0.3 is 9.25 Å². The van der Waals surface area contributed by atoms with Crippen LogP contribution in [0.15, 0.2) is 40.8 Å². The smallest absolute Gasteiger partial charge is 0.163 e. The van der Waals surface area contributed by atoms with Crippen molar-refractivity contribution in [2.45, 2.75) is 6.54 Å². The lowest BCUT2D eigenvalue weighted by molar-refractivity contribution is 0.0820. The van der Waals surface area contributed by atoms with E-state index in [2.05, 4.69) is 16.5 Å². The van der Waals surface area contributed by atoms with Crippen LogP contribution in [0.3, 0.4) is 0 Å². The molecule has 0 fully saturated rings. The summed E-state index contributed by atoms with van der Waals surface area (Å²) in [5, 5.41) is 0.903. The Kier molecular flexibility index (Phi) is 3.10. The molecule has 2 aromatic heterocycles. The SMILES string of the molecule is CONCc1ccc(-c2nc3ccccc3s2)o1. The summed E-state index contributed by atoms with van der Waals surface area (Å²) < 4.78 is 6.87. The van der Waals surface area contributed by atoms with E-state index < -0.39 is 0 Å². The molecule has 0 aliphatic heterocycles. The highest BCUT2D eigenvalue weighted by Gasteiger charge is 2.10. The van der Waals surface area contributed by atoms with E-state index in [4.69, 9.17) is 9.25 Å². The van der Waals surface area contributed by atoms with Crippen LogP contribution >= 0.6 is 11.3 Å². The van der Waals surface area contributed by atoms with Gasteiger partial charge in [0.15, 0.2) is 10.8 Å². The van der Waals surface area contributed by atoms with Gasteiger partial charge in [0, 0.05) is 0 Å². The number of rotatable bonds is 4. The quantitative estimate of drug-likeness (QED) is 0.732. The predicted octanol–water partition coefficient (Wildman–Crippen LogP) is 3.21. The molecule has 3 rings (SSSR count). The van der Waals surface area contributed by atoms with Crippen molar-refractivity contribution in [3.8, 4) is 10.8 Å². The number of hydrogen-bond donors (Lipinski definition) is 1. The first-order valence-electron chi connectivity index (χ1n) is 5.57. The molecule has 2 heterocycles. The van der Waals surface area contributed by atoms with E-state index in [9.17, 15) is 0 Å². The number of thiazole rings is 1. The Bertz CT molecular complexity index is 627. The minimum Gasteiger partial charge on any atom is -0.457 e. The third kappa shape index (κ3) is 2.15. The van der Waals surface area contributed by atoms with Gasteiger partial charge in [-0.15, -0.1) is 11.3 Å². The molecule has 0 saturated carbocycles. The average molecular weight is 260 g/mol. The summed E-state index contributed by atoms with van der Waals surface area (Å²) in [6.45, 7) is 0.543. The molecule has 0 radical (unpaired) electrons. The maximum absolute atomic E-state index is 5.71. The number of nitrogens with zero attached hydrogens (tertiary/aromatic N) is 1. The summed E-state index contributed by atoms with van der Waals surface area (Å²) in [5.74, 6) is 1.62. The van der Waals surface area contributed by atoms with Crippen LogP contribution in [-0.4, -0.2) is 12.1 Å². The van der Waals surface area contributed by atoms with Crippen molar-refractivity contribution in [1.29, 1.82) is 0 Å². The number of benzene rings is 1. The first kappa shape index (κ1) is 11.4. The maximum atomic E-state index is 5.71. The van der Waals surface area contributed by atoms with Crippen molar-refractivity contribution in [3.63, 3.8) is 0 Å². The highest BCUT2D eigenvalue weighted by Crippen LogP contribution is 2.30. The van der Waals surface area contributed by atoms with Gasteiger partial charge in [-0.25, -0.2) is 4.98 Å². The molecule has 0 bridgehead atoms. The summed E-state index contributed by atoms with van der Waals surface area (Å²) in [5.41, 5.74) is 3.75. The molecule has 1 N–H and O–H groups in total. The van der Waals surface area contributed by atoms with Gasteiger partial charge in [-0.2, -0.15) is 5.48 Å². The van der Waals surface area contributed by atoms with E-state index in [0.29, 0.717) is 6.54 Å². The average Bonchev–Trinajstić information content (AvgIpc) is 3.02. The molecule has 3 aromatic rings. The fourth-order valence-corrected chi connectivity index (χ4v) is 2.64. The van der Waals surface area contributed by atoms with Crippen LogP contribution in [0, 0.1) is 0 Å². The van der Waals surface area contributed by atoms with Crippen molar-refractivity contribution >= 4 is 21.6 Å². The Morgan fingerprint density at radius 1 is 1.28 bits per heavy atom. The molecule has 5 heteroatoms. The Morgan fingerprint density at radius 2 is 2.17 bits per heavy atom. The molecular weight excluding hydrogens is 248 g/mol. The number of hydrogen-bond acceptors (Lipinski definition) is 5. The van der Waals surface area contributed by atoms with Crippen molar-refractivity contribution in [3.05, 3.63) is 42.2 Å². The predicted molar refractivity (Wildman–Crippen MR) is 71.2 cm³/mol. The molecule has 0 aliphatic carbocycles. The second kappa shape index (κ2) is 4.89. The van der Waals surface area contributed by atoms with E-state index in [1.54, 1.807) is 18.4 Å². The highest BCUT2D eigenvalue weighted by atomic mass is 32.1. The van der Waals surface area contributed by atoms with Crippen LogP contribution in [-0.2, 0) is 11.4 Å². The van der Waals surface area contributed by atoms with E-state index in [1.807, 2.05) is 30.3 Å². The number of nitrogens with one attached hydrogen (secondary N) is 1. The van der Waals surface area contributed by atoms with Crippen LogP contribution in [0.2, 0.25) is 0 Å². The van der Waals surface area contributed by atoms with Gasteiger partial charge in [0.05, 0.1) is 23.9 Å². The number of aromatic nitrogens is 1. The van der Waals surface area contributed by atoms with Crippen LogP contribution in [0.4, 0.5) is 0 Å². The number of furan rings is 1. The van der Waals surface area contributed by atoms with Crippen molar-refractivity contribution in [1.82, 2.24) is 10.5 Å². The number of fused-ring (bicyclic) bond motifs is 1. The maximum Gasteiger partial charge on any atom is 0.163 e. The first-order chi connectivity index (χ1) is 8.86. The van der Waals surface area contributed by atoms with Gasteiger partial charge in [0.2, 0.25) is 0 Å². The lowest BCUT2D eigenvalue weighted by Gasteiger charge is -1.96. The third-order valence-corrected chi connectivity index (χ3v) is 3.61. The van der Waals surface area contributed by atoms with Gasteiger partial charge >= 0.3 is 0 Å². The van der Waals surface area contributed by atoms with Crippen molar-refractivity contribution in [2.24, 2.45) is 0 Å². The topological polar surface area (TPSA) is 47.3 Å². The lowest BCUT2D eigenvalue weighted by Crippen LogP contribution is -2.09. The summed E-state index contributed by atoms with van der Waals surface area (Å²) in [6, 6.07) is 11.9. The van der Waals surface area contributed by atoms with Crippen molar-refractivity contribution < 1.29 is 9.25 Å². The fourth-order valence-electron chi connectivity index (χ4n) is 1.71. The minimum atomic E-state index is 0.543. The molecule has 0 spiro atoms. The summed E-state index contributed by atoms with van der Waals surface area (Å²) in [6.07, 6.45) is 0. The van der Waals surface area contributed by atoms with Gasteiger partial charge in [-0.3, -0.25) is 0 Å². The fraction of sp³-hybridized carbons (Fsp3) is 0.154. The summed E-state index contributed by atoms with van der Waals surface area (Å²) in [4.78, 5) is 9.34. The molecule has 0 atom stereocenters. The van der Waals surface area contributed by atoms with Gasteiger partial charge in [-0.05, 0) is 24.3 Å². The second-order valence-electron chi connectivity index (χ2n) is 3.78. The molecule has 18 heavy (non-hydrogen) atoms. The first-order valence-corrected chi connectivity index (χ1v) is 6.39. The molecule has 0 saturated heterocycles. The Morgan fingerprint density at radius 3 is 3.00 bits per heavy atom. The Hall–Kier alpha value is -1.69. The highest BCUT2D eigenvalue weighted by molar-refractivity contribution is 7.21. The second-order valence-corrected chi connectivity index (χ2v) is 4.81. The lowest BCUT2D eigenvalue weighted by atomic mass is 10.3. The van der Waals surface area contributed by atoms with Crippen LogP contribution in [0.5, 0.6) is 0 Å². The van der Waals surface area contributed by atoms with Crippen molar-refractivity contribution in [2.75, 3.05) is 7.11 Å². The Balaban J connectivity index is 1.91. The summed E-state index contributed by atoms with van der Waals surface area (Å²) >= 11 is 1.63. The van der Waals surface area contributed by atoms with E-state index in [1.165, 1.54) is 4.70 Å². The zero-order chi connectivity index (χ0) is 12.4. The van der Waals surface area contributed by atoms with E-state index in [0.717, 1.165) is 22.0 Å². The van der Waals surface area contributed by atoms with Crippen LogP contribution in [0.1, 0.15) is 5.76 Å². The largest absolute Gasteiger partial charge is 0.457 e. The molecule has 4 nitrogen and oxygen atoms in total. The molecular formula is C13H12N2O2S. The van der Waals surface area contributed by atoms with Gasteiger partial charge in [-0.1, -0.05) is 12.1 Å². The monoisotopic (exact) mass is 260 g/mol. The van der Waals surface area contributed by atoms with Crippen LogP contribution < -0.4 is 5.48 Å². The zero-order valence-corrected chi connectivity index (χ0v) is 10.7. The zero-order valence-electron chi connectivity index (χ0n) is 9.84. The molecule has 0 unspecified atom stereocenters. The molecule has 92 valence electrons.